The summed E-state index contributed by atoms with van der Waals surface area (Å²) < 4.78 is 32.0. The fourth-order valence-corrected chi connectivity index (χ4v) is 2.74. The molecule has 9 heteroatoms. The largest absolute Gasteiger partial charge is 0.380 e. The van der Waals surface area contributed by atoms with Gasteiger partial charge in [0.05, 0.1) is 18.3 Å². The molecule has 0 saturated heterocycles. The van der Waals surface area contributed by atoms with Crippen LogP contribution in [-0.4, -0.2) is 41.3 Å². The van der Waals surface area contributed by atoms with E-state index in [-0.39, 0.29) is 23.4 Å². The number of hydrogen-bond donors (Lipinski definition) is 3. The molecule has 7 nitrogen and oxygen atoms in total. The summed E-state index contributed by atoms with van der Waals surface area (Å²) in [5, 5.41) is 12.6. The molecule has 3 aromatic rings. The first-order chi connectivity index (χ1) is 14.9. The number of carbonyl (C=O) groups is 1. The number of amides is 1. The first-order valence-electron chi connectivity index (χ1n) is 9.75. The molecule has 0 saturated carbocycles. The number of H-pyrrole nitrogens is 1. The number of hydrogen-bond acceptors (Lipinski definition) is 4. The molecule has 1 amide bonds. The molecule has 0 spiro atoms. The van der Waals surface area contributed by atoms with Gasteiger partial charge in [0.15, 0.2) is 5.82 Å². The van der Waals surface area contributed by atoms with Crippen LogP contribution in [0, 0.1) is 11.6 Å². The van der Waals surface area contributed by atoms with E-state index in [0.717, 1.165) is 11.6 Å². The molecular formula is C22H23F2N5O2. The summed E-state index contributed by atoms with van der Waals surface area (Å²) in [6, 6.07) is 12.7. The van der Waals surface area contributed by atoms with Gasteiger partial charge in [-0.3, -0.25) is 15.2 Å². The van der Waals surface area contributed by atoms with Crippen molar-refractivity contribution in [3.63, 3.8) is 0 Å². The molecule has 0 fully saturated rings. The van der Waals surface area contributed by atoms with Gasteiger partial charge in [0.2, 0.25) is 5.96 Å². The summed E-state index contributed by atoms with van der Waals surface area (Å²) in [5.41, 5.74) is 1.55. The van der Waals surface area contributed by atoms with E-state index in [0.29, 0.717) is 24.7 Å². The van der Waals surface area contributed by atoms with Crippen molar-refractivity contribution >= 4 is 17.7 Å². The van der Waals surface area contributed by atoms with Crippen molar-refractivity contribution < 1.29 is 18.3 Å². The minimum absolute atomic E-state index is 0.138. The smallest absolute Gasteiger partial charge is 0.258 e. The number of anilines is 1. The highest BCUT2D eigenvalue weighted by atomic mass is 19.1. The number of halogens is 2. The normalized spacial score (nSPS) is 12.5. The van der Waals surface area contributed by atoms with Gasteiger partial charge in [0.25, 0.3) is 5.91 Å². The topological polar surface area (TPSA) is 91.4 Å². The highest BCUT2D eigenvalue weighted by Gasteiger charge is 2.13. The van der Waals surface area contributed by atoms with Crippen molar-refractivity contribution in [2.45, 2.75) is 19.9 Å². The molecule has 162 valence electrons. The maximum atomic E-state index is 13.5. The fourth-order valence-electron chi connectivity index (χ4n) is 2.74. The molecule has 3 rings (SSSR count). The van der Waals surface area contributed by atoms with Crippen molar-refractivity contribution in [3.8, 4) is 11.3 Å². The van der Waals surface area contributed by atoms with Crippen LogP contribution in [0.25, 0.3) is 11.3 Å². The van der Waals surface area contributed by atoms with Crippen molar-refractivity contribution in [1.82, 2.24) is 15.5 Å². The number of ether oxygens (including phenoxy) is 1. The highest BCUT2D eigenvalue weighted by Crippen LogP contribution is 2.20. The Morgan fingerprint density at radius 2 is 1.94 bits per heavy atom. The van der Waals surface area contributed by atoms with E-state index in [9.17, 15) is 13.6 Å². The summed E-state index contributed by atoms with van der Waals surface area (Å²) in [6.07, 6.45) is 0. The maximum absolute atomic E-state index is 13.5. The summed E-state index contributed by atoms with van der Waals surface area (Å²) in [6.45, 7) is 4.61. The Labute approximate surface area is 178 Å². The van der Waals surface area contributed by atoms with Gasteiger partial charge in [-0.05, 0) is 61.9 Å². The van der Waals surface area contributed by atoms with Gasteiger partial charge in [0, 0.05) is 18.2 Å². The van der Waals surface area contributed by atoms with Gasteiger partial charge in [0.1, 0.15) is 11.6 Å². The number of nitrogens with zero attached hydrogens (tertiary/aromatic N) is 2. The molecule has 0 bridgehead atoms. The third-order valence-electron chi connectivity index (χ3n) is 4.21. The Morgan fingerprint density at radius 3 is 2.65 bits per heavy atom. The lowest BCUT2D eigenvalue weighted by atomic mass is 10.1. The minimum Gasteiger partial charge on any atom is -0.380 e. The molecule has 1 atom stereocenters. The summed E-state index contributed by atoms with van der Waals surface area (Å²) >= 11 is 0. The molecule has 3 N–H and O–H groups in total. The molecule has 0 radical (unpaired) electrons. The average molecular weight is 427 g/mol. The van der Waals surface area contributed by atoms with Crippen molar-refractivity contribution in [1.29, 1.82) is 0 Å². The zero-order valence-corrected chi connectivity index (χ0v) is 17.2. The standard InChI is InChI=1S/C22H23F2N5O2/c1-3-31-13-14(2)25-22(27-21(30)16-5-4-6-18(24)11-16)26-20-12-19(28-29-20)15-7-9-17(23)10-8-15/h4-12,14H,3,13H2,1-2H3,(H3,25,26,27,28,29,30)/t14-/m0/s1. The van der Waals surface area contributed by atoms with E-state index in [1.807, 2.05) is 13.8 Å². The van der Waals surface area contributed by atoms with Crippen LogP contribution in [0.5, 0.6) is 0 Å². The Kier molecular flexibility index (Phi) is 7.45. The molecule has 1 heterocycles. The van der Waals surface area contributed by atoms with Crippen LogP contribution >= 0.6 is 0 Å². The van der Waals surface area contributed by atoms with E-state index in [4.69, 9.17) is 4.74 Å². The third kappa shape index (κ3) is 6.45. The van der Waals surface area contributed by atoms with Crippen LogP contribution in [0.3, 0.4) is 0 Å². The average Bonchev–Trinajstić information content (AvgIpc) is 3.21. The van der Waals surface area contributed by atoms with Gasteiger partial charge < -0.3 is 10.1 Å². The SMILES string of the molecule is CCOC[C@H](C)N=C(NC(=O)c1cccc(F)c1)Nc1cc(-c2ccc(F)cc2)[nH]n1. The molecule has 31 heavy (non-hydrogen) atoms. The second-order valence-corrected chi connectivity index (χ2v) is 6.75. The quantitative estimate of drug-likeness (QED) is 0.393. The number of aromatic amines is 1. The zero-order chi connectivity index (χ0) is 22.2. The van der Waals surface area contributed by atoms with E-state index < -0.39 is 11.7 Å². The van der Waals surface area contributed by atoms with Crippen LogP contribution in [0.4, 0.5) is 14.6 Å². The van der Waals surface area contributed by atoms with Gasteiger partial charge >= 0.3 is 0 Å². The van der Waals surface area contributed by atoms with Crippen LogP contribution in [0.1, 0.15) is 24.2 Å². The Balaban J connectivity index is 1.78. The van der Waals surface area contributed by atoms with Crippen molar-refractivity contribution in [3.05, 3.63) is 71.8 Å². The Morgan fingerprint density at radius 1 is 1.16 bits per heavy atom. The second-order valence-electron chi connectivity index (χ2n) is 6.75. The van der Waals surface area contributed by atoms with Crippen LogP contribution in [0.2, 0.25) is 0 Å². The van der Waals surface area contributed by atoms with Crippen molar-refractivity contribution in [2.24, 2.45) is 4.99 Å². The number of nitrogens with one attached hydrogen (secondary N) is 3. The van der Waals surface area contributed by atoms with E-state index >= 15 is 0 Å². The van der Waals surface area contributed by atoms with Gasteiger partial charge in [-0.25, -0.2) is 13.8 Å². The predicted molar refractivity (Wildman–Crippen MR) is 115 cm³/mol. The van der Waals surface area contributed by atoms with Crippen LogP contribution in [0.15, 0.2) is 59.6 Å². The molecule has 2 aromatic carbocycles. The third-order valence-corrected chi connectivity index (χ3v) is 4.21. The molecule has 1 aromatic heterocycles. The van der Waals surface area contributed by atoms with Crippen LogP contribution in [-0.2, 0) is 4.74 Å². The van der Waals surface area contributed by atoms with E-state index in [2.05, 4.69) is 25.8 Å². The highest BCUT2D eigenvalue weighted by molar-refractivity contribution is 6.09. The number of aromatic nitrogens is 2. The summed E-state index contributed by atoms with van der Waals surface area (Å²) in [4.78, 5) is 17.0. The van der Waals surface area contributed by atoms with Gasteiger partial charge in [-0.1, -0.05) is 6.07 Å². The van der Waals surface area contributed by atoms with Gasteiger partial charge in [-0.2, -0.15) is 5.10 Å². The number of aliphatic imine (C=N–C) groups is 1. The lowest BCUT2D eigenvalue weighted by Gasteiger charge is -2.13. The fraction of sp³-hybridized carbons (Fsp3) is 0.227. The molecular weight excluding hydrogens is 404 g/mol. The summed E-state index contributed by atoms with van der Waals surface area (Å²) in [5.74, 6) is -0.845. The first-order valence-corrected chi connectivity index (χ1v) is 9.75. The lowest BCUT2D eigenvalue weighted by Crippen LogP contribution is -2.37. The molecule has 0 aliphatic carbocycles. The monoisotopic (exact) mass is 427 g/mol. The predicted octanol–water partition coefficient (Wildman–Crippen LogP) is 3.98. The lowest BCUT2D eigenvalue weighted by molar-refractivity contribution is 0.0975. The molecule has 0 aliphatic heterocycles. The second kappa shape index (κ2) is 10.4. The van der Waals surface area contributed by atoms with Crippen molar-refractivity contribution in [2.75, 3.05) is 18.5 Å². The van der Waals surface area contributed by atoms with Crippen LogP contribution < -0.4 is 10.6 Å². The Hall–Kier alpha value is -3.59. The van der Waals surface area contributed by atoms with E-state index in [1.165, 1.54) is 30.3 Å². The number of benzene rings is 2. The Bertz CT molecular complexity index is 1050. The first kappa shape index (κ1) is 22.1. The number of rotatable bonds is 7. The number of carbonyl (C=O) groups excluding carboxylic acids is 1. The molecule has 0 unspecified atom stereocenters. The summed E-state index contributed by atoms with van der Waals surface area (Å²) in [7, 11) is 0. The molecule has 0 aliphatic rings. The minimum atomic E-state index is -0.524. The maximum Gasteiger partial charge on any atom is 0.258 e. The number of guanidine groups is 1. The van der Waals surface area contributed by atoms with Gasteiger partial charge in [-0.15, -0.1) is 0 Å². The van der Waals surface area contributed by atoms with E-state index in [1.54, 1.807) is 18.2 Å². The zero-order valence-electron chi connectivity index (χ0n) is 17.2.